The molecule has 27 heavy (non-hydrogen) atoms. The molecule has 4 rings (SSSR count). The van der Waals surface area contributed by atoms with Crippen LogP contribution in [0.2, 0.25) is 0 Å². The number of aliphatic hydroxyl groups excluding tert-OH is 1. The molecule has 2 aliphatic heterocycles. The van der Waals surface area contributed by atoms with Crippen molar-refractivity contribution in [2.24, 2.45) is 11.8 Å². The summed E-state index contributed by atoms with van der Waals surface area (Å²) >= 11 is 0. The lowest BCUT2D eigenvalue weighted by atomic mass is 9.96. The smallest absolute Gasteiger partial charge is 0.178 e. The van der Waals surface area contributed by atoms with Crippen LogP contribution in [-0.4, -0.2) is 82.4 Å². The van der Waals surface area contributed by atoms with Crippen LogP contribution in [0, 0.1) is 11.8 Å². The van der Waals surface area contributed by atoms with Crippen molar-refractivity contribution >= 4 is 0 Å². The Morgan fingerprint density at radius 3 is 2.48 bits per heavy atom. The average Bonchev–Trinajstić information content (AvgIpc) is 3.11. The Kier molecular flexibility index (Phi) is 6.03. The molecule has 0 saturated carbocycles. The van der Waals surface area contributed by atoms with Gasteiger partial charge in [-0.05, 0) is 24.0 Å². The number of hydrogen-bond donors (Lipinski definition) is 1. The van der Waals surface area contributed by atoms with Crippen LogP contribution < -0.4 is 0 Å². The van der Waals surface area contributed by atoms with E-state index in [9.17, 15) is 5.11 Å². The summed E-state index contributed by atoms with van der Waals surface area (Å²) in [7, 11) is 0. The monoisotopic (exact) mass is 369 g/mol. The maximum absolute atomic E-state index is 9.81. The number of pyridine rings is 1. The number of ether oxygens (including phenoxy) is 1. The van der Waals surface area contributed by atoms with Crippen LogP contribution >= 0.6 is 0 Å². The van der Waals surface area contributed by atoms with E-state index in [1.165, 1.54) is 0 Å². The third-order valence-corrected chi connectivity index (χ3v) is 5.49. The van der Waals surface area contributed by atoms with E-state index in [1.54, 1.807) is 6.20 Å². The van der Waals surface area contributed by atoms with E-state index in [4.69, 9.17) is 4.74 Å². The zero-order valence-electron chi connectivity index (χ0n) is 15.6. The van der Waals surface area contributed by atoms with Crippen molar-refractivity contribution in [3.63, 3.8) is 0 Å². The van der Waals surface area contributed by atoms with Gasteiger partial charge in [0.05, 0.1) is 13.2 Å². The van der Waals surface area contributed by atoms with Gasteiger partial charge in [0.2, 0.25) is 0 Å². The van der Waals surface area contributed by atoms with Gasteiger partial charge in [-0.2, -0.15) is 0 Å². The molecule has 0 radical (unpaired) electrons. The molecule has 7 nitrogen and oxygen atoms in total. The molecule has 2 fully saturated rings. The van der Waals surface area contributed by atoms with Crippen molar-refractivity contribution in [3.05, 3.63) is 42.4 Å². The minimum atomic E-state index is 0.251. The highest BCUT2D eigenvalue weighted by Crippen LogP contribution is 2.26. The summed E-state index contributed by atoms with van der Waals surface area (Å²) in [4.78, 5) is 18.1. The van der Waals surface area contributed by atoms with Gasteiger partial charge in [-0.15, -0.1) is 0 Å². The number of likely N-dealkylation sites (tertiary alicyclic amines) is 1. The highest BCUT2D eigenvalue weighted by Gasteiger charge is 2.33. The Morgan fingerprint density at radius 1 is 1.00 bits per heavy atom. The van der Waals surface area contributed by atoms with Crippen molar-refractivity contribution in [3.8, 4) is 11.5 Å². The Labute approximate surface area is 160 Å². The van der Waals surface area contributed by atoms with Gasteiger partial charge in [0.15, 0.2) is 5.82 Å². The SMILES string of the molecule is OC[C@@H]1CN(Cc2cnc(-c3ccccn3)nc2)C[C@@H]1CN1CCOCC1. The predicted octanol–water partition coefficient (Wildman–Crippen LogP) is 0.911. The van der Waals surface area contributed by atoms with Gasteiger partial charge in [-0.25, -0.2) is 9.97 Å². The molecule has 2 aromatic rings. The second-order valence-electron chi connectivity index (χ2n) is 7.44. The number of morpholine rings is 1. The Bertz CT molecular complexity index is 706. The van der Waals surface area contributed by atoms with Gasteiger partial charge >= 0.3 is 0 Å². The van der Waals surface area contributed by atoms with Crippen molar-refractivity contribution < 1.29 is 9.84 Å². The van der Waals surface area contributed by atoms with E-state index in [2.05, 4.69) is 24.8 Å². The minimum Gasteiger partial charge on any atom is -0.396 e. The molecular formula is C20H27N5O2. The Hall–Kier alpha value is -1.93. The topological polar surface area (TPSA) is 74.6 Å². The summed E-state index contributed by atoms with van der Waals surface area (Å²) in [5.41, 5.74) is 1.88. The Morgan fingerprint density at radius 2 is 1.78 bits per heavy atom. The standard InChI is InChI=1S/C20H27N5O2/c26-15-18-14-25(13-17(18)12-24-5-7-27-8-6-24)11-16-9-22-20(23-10-16)19-3-1-2-4-21-19/h1-4,9-10,17-18,26H,5-8,11-15H2/t17-,18-/m0/s1. The molecule has 7 heteroatoms. The summed E-state index contributed by atoms with van der Waals surface area (Å²) in [6.45, 7) is 7.67. The molecule has 0 aromatic carbocycles. The molecule has 0 bridgehead atoms. The van der Waals surface area contributed by atoms with Crippen LogP contribution in [0.15, 0.2) is 36.8 Å². The van der Waals surface area contributed by atoms with Gasteiger partial charge < -0.3 is 9.84 Å². The van der Waals surface area contributed by atoms with E-state index in [0.717, 1.165) is 63.7 Å². The van der Waals surface area contributed by atoms with Gasteiger partial charge in [-0.3, -0.25) is 14.8 Å². The zero-order chi connectivity index (χ0) is 18.5. The highest BCUT2D eigenvalue weighted by molar-refractivity contribution is 5.47. The summed E-state index contributed by atoms with van der Waals surface area (Å²) in [5.74, 6) is 1.49. The van der Waals surface area contributed by atoms with E-state index >= 15 is 0 Å². The van der Waals surface area contributed by atoms with Crippen LogP contribution in [0.25, 0.3) is 11.5 Å². The summed E-state index contributed by atoms with van der Waals surface area (Å²) < 4.78 is 5.44. The van der Waals surface area contributed by atoms with Crippen molar-refractivity contribution in [1.29, 1.82) is 0 Å². The maximum atomic E-state index is 9.81. The number of aliphatic hydroxyl groups is 1. The molecule has 2 aromatic heterocycles. The summed E-state index contributed by atoms with van der Waals surface area (Å²) in [5, 5.41) is 9.81. The number of aromatic nitrogens is 3. The van der Waals surface area contributed by atoms with E-state index < -0.39 is 0 Å². The molecule has 4 heterocycles. The zero-order valence-corrected chi connectivity index (χ0v) is 15.6. The number of nitrogens with zero attached hydrogens (tertiary/aromatic N) is 5. The fourth-order valence-electron chi connectivity index (χ4n) is 4.02. The molecule has 0 spiro atoms. The summed E-state index contributed by atoms with van der Waals surface area (Å²) in [6.07, 6.45) is 5.53. The highest BCUT2D eigenvalue weighted by atomic mass is 16.5. The molecular weight excluding hydrogens is 342 g/mol. The lowest BCUT2D eigenvalue weighted by molar-refractivity contribution is 0.0264. The quantitative estimate of drug-likeness (QED) is 0.811. The molecule has 0 unspecified atom stereocenters. The first kappa shape index (κ1) is 18.4. The fourth-order valence-corrected chi connectivity index (χ4v) is 4.02. The lowest BCUT2D eigenvalue weighted by Gasteiger charge is -2.30. The minimum absolute atomic E-state index is 0.251. The third-order valence-electron chi connectivity index (χ3n) is 5.49. The van der Waals surface area contributed by atoms with Crippen molar-refractivity contribution in [2.45, 2.75) is 6.54 Å². The maximum Gasteiger partial charge on any atom is 0.178 e. The van der Waals surface area contributed by atoms with Gasteiger partial charge in [-0.1, -0.05) is 6.07 Å². The molecule has 144 valence electrons. The second-order valence-corrected chi connectivity index (χ2v) is 7.44. The summed E-state index contributed by atoms with van der Waals surface area (Å²) in [6, 6.07) is 5.74. The fraction of sp³-hybridized carbons (Fsp3) is 0.550. The van der Waals surface area contributed by atoms with Crippen molar-refractivity contribution in [2.75, 3.05) is 52.5 Å². The van der Waals surface area contributed by atoms with Crippen LogP contribution in [0.4, 0.5) is 0 Å². The van der Waals surface area contributed by atoms with Crippen molar-refractivity contribution in [1.82, 2.24) is 24.8 Å². The third kappa shape index (κ3) is 4.68. The van der Waals surface area contributed by atoms with Crippen LogP contribution in [-0.2, 0) is 11.3 Å². The van der Waals surface area contributed by atoms with E-state index in [1.807, 2.05) is 30.6 Å². The van der Waals surface area contributed by atoms with Gasteiger partial charge in [0, 0.05) is 70.0 Å². The first-order valence-electron chi connectivity index (χ1n) is 9.67. The molecule has 2 aliphatic rings. The van der Waals surface area contributed by atoms with E-state index in [0.29, 0.717) is 17.7 Å². The normalized spacial score (nSPS) is 24.3. The predicted molar refractivity (Wildman–Crippen MR) is 102 cm³/mol. The molecule has 2 saturated heterocycles. The van der Waals surface area contributed by atoms with E-state index in [-0.39, 0.29) is 6.61 Å². The lowest BCUT2D eigenvalue weighted by Crippen LogP contribution is -2.41. The van der Waals surface area contributed by atoms with Crippen LogP contribution in [0.3, 0.4) is 0 Å². The average molecular weight is 369 g/mol. The first-order valence-corrected chi connectivity index (χ1v) is 9.67. The first-order chi connectivity index (χ1) is 13.3. The number of hydrogen-bond acceptors (Lipinski definition) is 7. The Balaban J connectivity index is 1.35. The molecule has 2 atom stereocenters. The van der Waals surface area contributed by atoms with Gasteiger partial charge in [0.25, 0.3) is 0 Å². The number of rotatable bonds is 6. The van der Waals surface area contributed by atoms with Crippen LogP contribution in [0.1, 0.15) is 5.56 Å². The van der Waals surface area contributed by atoms with Gasteiger partial charge in [0.1, 0.15) is 5.69 Å². The van der Waals surface area contributed by atoms with Crippen LogP contribution in [0.5, 0.6) is 0 Å². The molecule has 0 amide bonds. The molecule has 1 N–H and O–H groups in total. The molecule has 0 aliphatic carbocycles. The second kappa shape index (κ2) is 8.84. The largest absolute Gasteiger partial charge is 0.396 e.